The molecule has 0 spiro atoms. The summed E-state index contributed by atoms with van der Waals surface area (Å²) in [6.45, 7) is 0. The Kier molecular flexibility index (Phi) is 4.69. The van der Waals surface area contributed by atoms with E-state index in [9.17, 15) is 0 Å². The normalized spacial score (nSPS) is 10.0. The van der Waals surface area contributed by atoms with Crippen molar-refractivity contribution in [3.8, 4) is 6.07 Å². The lowest BCUT2D eigenvalue weighted by Crippen LogP contribution is -1.85. The van der Waals surface area contributed by atoms with Gasteiger partial charge < -0.3 is 0 Å². The molecule has 0 bridgehead atoms. The van der Waals surface area contributed by atoms with E-state index >= 15 is 0 Å². The minimum absolute atomic E-state index is 0.718. The van der Waals surface area contributed by atoms with Crippen molar-refractivity contribution in [2.45, 2.75) is 11.5 Å². The molecule has 3 heteroatoms. The Hall–Kier alpha value is -1.43. The summed E-state index contributed by atoms with van der Waals surface area (Å²) < 4.78 is 0. The second-order valence-corrected chi connectivity index (χ2v) is 5.36. The molecule has 1 nitrogen and oxygen atoms in total. The van der Waals surface area contributed by atoms with E-state index in [4.69, 9.17) is 16.9 Å². The van der Waals surface area contributed by atoms with Gasteiger partial charge in [-0.25, -0.2) is 0 Å². The maximum atomic E-state index is 8.82. The van der Waals surface area contributed by atoms with Gasteiger partial charge in [-0.1, -0.05) is 35.9 Å². The maximum Gasteiger partial charge on any atom is 0.0991 e. The number of nitriles is 1. The molecular formula is C15H12ClNS. The Balaban J connectivity index is 1.90. The zero-order valence-electron chi connectivity index (χ0n) is 9.77. The average molecular weight is 274 g/mol. The van der Waals surface area contributed by atoms with Crippen LogP contribution in [-0.2, 0) is 11.5 Å². The first-order valence-electron chi connectivity index (χ1n) is 5.59. The van der Waals surface area contributed by atoms with E-state index in [0.29, 0.717) is 0 Å². The fraction of sp³-hybridized carbons (Fsp3) is 0.133. The third-order valence-corrected chi connectivity index (χ3v) is 3.79. The lowest BCUT2D eigenvalue weighted by atomic mass is 10.2. The maximum absolute atomic E-state index is 8.82. The molecule has 0 aromatic heterocycles. The molecule has 0 saturated heterocycles. The van der Waals surface area contributed by atoms with Crippen LogP contribution < -0.4 is 0 Å². The predicted octanol–water partition coefficient (Wildman–Crippen LogP) is 4.65. The first-order valence-corrected chi connectivity index (χ1v) is 7.12. The number of thioether (sulfide) groups is 1. The van der Waals surface area contributed by atoms with E-state index in [1.165, 1.54) is 11.1 Å². The molecule has 0 heterocycles. The van der Waals surface area contributed by atoms with Gasteiger partial charge in [-0.2, -0.15) is 17.0 Å². The minimum Gasteiger partial charge on any atom is -0.192 e. The average Bonchev–Trinajstić information content (AvgIpc) is 2.39. The minimum atomic E-state index is 0.718. The quantitative estimate of drug-likeness (QED) is 0.810. The summed E-state index contributed by atoms with van der Waals surface area (Å²) in [5, 5.41) is 9.60. The lowest BCUT2D eigenvalue weighted by molar-refractivity contribution is 1.35. The van der Waals surface area contributed by atoms with Gasteiger partial charge in [-0.05, 0) is 35.4 Å². The Morgan fingerprint density at radius 2 is 1.67 bits per heavy atom. The predicted molar refractivity (Wildman–Crippen MR) is 77.6 cm³/mol. The van der Waals surface area contributed by atoms with Gasteiger partial charge in [-0.15, -0.1) is 0 Å². The third kappa shape index (κ3) is 3.80. The number of halogens is 1. The molecule has 0 aliphatic rings. The first kappa shape index (κ1) is 13.0. The van der Waals surface area contributed by atoms with Gasteiger partial charge in [0.25, 0.3) is 0 Å². The summed E-state index contributed by atoms with van der Waals surface area (Å²) in [6, 6.07) is 17.8. The molecule has 0 unspecified atom stereocenters. The first-order chi connectivity index (χ1) is 8.78. The molecule has 0 aliphatic heterocycles. The molecule has 0 saturated carbocycles. The van der Waals surface area contributed by atoms with E-state index in [1.807, 2.05) is 54.2 Å². The molecule has 2 rings (SSSR count). The van der Waals surface area contributed by atoms with Crippen LogP contribution in [0.1, 0.15) is 16.7 Å². The van der Waals surface area contributed by atoms with Crippen molar-refractivity contribution < 1.29 is 0 Å². The van der Waals surface area contributed by atoms with E-state index in [1.54, 1.807) is 0 Å². The summed E-state index contributed by atoms with van der Waals surface area (Å²) in [4.78, 5) is 0. The Morgan fingerprint density at radius 3 is 2.33 bits per heavy atom. The van der Waals surface area contributed by atoms with Crippen molar-refractivity contribution in [1.82, 2.24) is 0 Å². The van der Waals surface area contributed by atoms with Gasteiger partial charge in [0.2, 0.25) is 0 Å². The van der Waals surface area contributed by atoms with Gasteiger partial charge in [-0.3, -0.25) is 0 Å². The third-order valence-electron chi connectivity index (χ3n) is 2.48. The van der Waals surface area contributed by atoms with Crippen LogP contribution >= 0.6 is 23.4 Å². The summed E-state index contributed by atoms with van der Waals surface area (Å²) in [6.07, 6.45) is 0. The van der Waals surface area contributed by atoms with E-state index < -0.39 is 0 Å². The van der Waals surface area contributed by atoms with Crippen LogP contribution in [0.25, 0.3) is 0 Å². The monoisotopic (exact) mass is 273 g/mol. The fourth-order valence-electron chi connectivity index (χ4n) is 1.64. The largest absolute Gasteiger partial charge is 0.192 e. The number of benzene rings is 2. The van der Waals surface area contributed by atoms with Gasteiger partial charge >= 0.3 is 0 Å². The number of hydrogen-bond acceptors (Lipinski definition) is 2. The molecule has 0 N–H and O–H groups in total. The molecule has 90 valence electrons. The van der Waals surface area contributed by atoms with E-state index in [2.05, 4.69) is 12.1 Å². The Morgan fingerprint density at radius 1 is 1.00 bits per heavy atom. The number of hydrogen-bond donors (Lipinski definition) is 0. The smallest absolute Gasteiger partial charge is 0.0991 e. The van der Waals surface area contributed by atoms with E-state index in [0.717, 1.165) is 22.1 Å². The zero-order valence-corrected chi connectivity index (χ0v) is 11.3. The van der Waals surface area contributed by atoms with Crippen molar-refractivity contribution in [1.29, 1.82) is 5.26 Å². The highest BCUT2D eigenvalue weighted by Gasteiger charge is 1.98. The topological polar surface area (TPSA) is 23.8 Å². The SMILES string of the molecule is N#Cc1cccc(CSCc2cccc(Cl)c2)c1. The zero-order chi connectivity index (χ0) is 12.8. The number of nitrogens with zero attached hydrogens (tertiary/aromatic N) is 1. The highest BCUT2D eigenvalue weighted by molar-refractivity contribution is 7.97. The molecule has 0 aliphatic carbocycles. The van der Waals surface area contributed by atoms with Gasteiger partial charge in [0.15, 0.2) is 0 Å². The highest BCUT2D eigenvalue weighted by atomic mass is 35.5. The molecule has 2 aromatic carbocycles. The van der Waals surface area contributed by atoms with Crippen LogP contribution in [0.15, 0.2) is 48.5 Å². The summed E-state index contributed by atoms with van der Waals surface area (Å²) in [5.41, 5.74) is 3.13. The van der Waals surface area contributed by atoms with E-state index in [-0.39, 0.29) is 0 Å². The summed E-state index contributed by atoms with van der Waals surface area (Å²) >= 11 is 7.75. The highest BCUT2D eigenvalue weighted by Crippen LogP contribution is 2.20. The molecule has 0 amide bonds. The van der Waals surface area contributed by atoms with Crippen LogP contribution in [0.3, 0.4) is 0 Å². The lowest BCUT2D eigenvalue weighted by Gasteiger charge is -2.03. The van der Waals surface area contributed by atoms with Crippen molar-refractivity contribution in [3.63, 3.8) is 0 Å². The van der Waals surface area contributed by atoms with Crippen molar-refractivity contribution in [3.05, 3.63) is 70.2 Å². The van der Waals surface area contributed by atoms with Crippen LogP contribution in [-0.4, -0.2) is 0 Å². The fourth-order valence-corrected chi connectivity index (χ4v) is 2.79. The van der Waals surface area contributed by atoms with Crippen molar-refractivity contribution >= 4 is 23.4 Å². The Labute approximate surface area is 116 Å². The van der Waals surface area contributed by atoms with Crippen molar-refractivity contribution in [2.75, 3.05) is 0 Å². The van der Waals surface area contributed by atoms with Gasteiger partial charge in [0.1, 0.15) is 0 Å². The summed E-state index contributed by atoms with van der Waals surface area (Å²) in [5.74, 6) is 1.83. The molecule has 0 atom stereocenters. The second-order valence-electron chi connectivity index (χ2n) is 3.93. The molecule has 0 radical (unpaired) electrons. The van der Waals surface area contributed by atoms with Crippen molar-refractivity contribution in [2.24, 2.45) is 0 Å². The molecule has 0 fully saturated rings. The second kappa shape index (κ2) is 6.49. The van der Waals surface area contributed by atoms with Gasteiger partial charge in [0.05, 0.1) is 11.6 Å². The molecular weight excluding hydrogens is 262 g/mol. The van der Waals surface area contributed by atoms with Gasteiger partial charge in [0, 0.05) is 16.5 Å². The van der Waals surface area contributed by atoms with Crippen LogP contribution in [0.4, 0.5) is 0 Å². The van der Waals surface area contributed by atoms with Crippen LogP contribution in [0.5, 0.6) is 0 Å². The standard InChI is InChI=1S/C15H12ClNS/c16-15-6-2-5-14(8-15)11-18-10-13-4-1-3-12(7-13)9-17/h1-8H,10-11H2. The molecule has 18 heavy (non-hydrogen) atoms. The Bertz CT molecular complexity index is 575. The van der Waals surface area contributed by atoms with Crippen LogP contribution in [0, 0.1) is 11.3 Å². The van der Waals surface area contributed by atoms with Crippen LogP contribution in [0.2, 0.25) is 5.02 Å². The number of rotatable bonds is 4. The summed E-state index contributed by atoms with van der Waals surface area (Å²) in [7, 11) is 0. The molecule has 2 aromatic rings.